The molecule has 0 radical (unpaired) electrons. The molecule has 1 unspecified atom stereocenters. The van der Waals surface area contributed by atoms with Crippen LogP contribution in [0.2, 0.25) is 0 Å². The van der Waals surface area contributed by atoms with E-state index in [1.54, 1.807) is 12.1 Å². The molecule has 0 spiro atoms. The first-order valence-electron chi connectivity index (χ1n) is 7.58. The van der Waals surface area contributed by atoms with Gasteiger partial charge in [0.25, 0.3) is 0 Å². The van der Waals surface area contributed by atoms with Crippen molar-refractivity contribution in [1.29, 1.82) is 0 Å². The van der Waals surface area contributed by atoms with Crippen molar-refractivity contribution in [3.05, 3.63) is 35.6 Å². The van der Waals surface area contributed by atoms with Crippen molar-refractivity contribution in [1.82, 2.24) is 10.2 Å². The topological polar surface area (TPSA) is 24.5 Å². The van der Waals surface area contributed by atoms with Crippen LogP contribution in [0.5, 0.6) is 0 Å². The average Bonchev–Trinajstić information content (AvgIpc) is 2.48. The first-order chi connectivity index (χ1) is 9.79. The number of morpholine rings is 1. The minimum Gasteiger partial charge on any atom is -0.379 e. The Balaban J connectivity index is 1.92. The molecule has 3 nitrogen and oxygen atoms in total. The highest BCUT2D eigenvalue weighted by atomic mass is 19.1. The molecular weight excluding hydrogens is 255 g/mol. The Morgan fingerprint density at radius 1 is 1.35 bits per heavy atom. The molecule has 0 saturated carbocycles. The molecule has 0 bridgehead atoms. The average molecular weight is 280 g/mol. The highest BCUT2D eigenvalue weighted by molar-refractivity contribution is 5.20. The third-order valence-corrected chi connectivity index (χ3v) is 3.73. The highest BCUT2D eigenvalue weighted by Gasteiger charge is 2.15. The van der Waals surface area contributed by atoms with E-state index in [0.29, 0.717) is 0 Å². The SMILES string of the molecule is CCCNC(CCN1CCOCC1)c1cccc(F)c1. The van der Waals surface area contributed by atoms with Gasteiger partial charge in [-0.15, -0.1) is 0 Å². The van der Waals surface area contributed by atoms with Crippen molar-refractivity contribution < 1.29 is 9.13 Å². The minimum absolute atomic E-state index is 0.155. The van der Waals surface area contributed by atoms with Gasteiger partial charge in [0, 0.05) is 25.7 Å². The molecule has 1 aromatic rings. The number of hydrogen-bond donors (Lipinski definition) is 1. The lowest BCUT2D eigenvalue weighted by molar-refractivity contribution is 0.0361. The Bertz CT molecular complexity index is 394. The molecular formula is C16H25FN2O. The zero-order chi connectivity index (χ0) is 14.2. The van der Waals surface area contributed by atoms with E-state index in [1.807, 2.05) is 6.07 Å². The Labute approximate surface area is 121 Å². The van der Waals surface area contributed by atoms with Crippen molar-refractivity contribution in [2.75, 3.05) is 39.4 Å². The van der Waals surface area contributed by atoms with Gasteiger partial charge in [-0.25, -0.2) is 4.39 Å². The third kappa shape index (κ3) is 4.85. The van der Waals surface area contributed by atoms with Crippen LogP contribution in [0.4, 0.5) is 4.39 Å². The van der Waals surface area contributed by atoms with E-state index in [4.69, 9.17) is 4.74 Å². The Morgan fingerprint density at radius 3 is 2.85 bits per heavy atom. The summed E-state index contributed by atoms with van der Waals surface area (Å²) in [6.45, 7) is 7.80. The van der Waals surface area contributed by atoms with Crippen LogP contribution in [0.25, 0.3) is 0 Å². The molecule has 1 saturated heterocycles. The van der Waals surface area contributed by atoms with Crippen LogP contribution in [0.1, 0.15) is 31.4 Å². The maximum Gasteiger partial charge on any atom is 0.123 e. The first kappa shape index (κ1) is 15.4. The molecule has 0 aliphatic carbocycles. The fourth-order valence-corrected chi connectivity index (χ4v) is 2.56. The molecule has 1 aromatic carbocycles. The van der Waals surface area contributed by atoms with Gasteiger partial charge in [0.1, 0.15) is 5.82 Å². The molecule has 1 N–H and O–H groups in total. The van der Waals surface area contributed by atoms with Crippen LogP contribution < -0.4 is 5.32 Å². The lowest BCUT2D eigenvalue weighted by Gasteiger charge is -2.29. The molecule has 1 aliphatic rings. The lowest BCUT2D eigenvalue weighted by Crippen LogP contribution is -2.38. The lowest BCUT2D eigenvalue weighted by atomic mass is 10.0. The van der Waals surface area contributed by atoms with Crippen molar-refractivity contribution in [2.45, 2.75) is 25.8 Å². The summed E-state index contributed by atoms with van der Waals surface area (Å²) in [6, 6.07) is 7.18. The quantitative estimate of drug-likeness (QED) is 0.831. The predicted octanol–water partition coefficient (Wildman–Crippen LogP) is 2.59. The third-order valence-electron chi connectivity index (χ3n) is 3.73. The summed E-state index contributed by atoms with van der Waals surface area (Å²) in [5.74, 6) is -0.155. The standard InChI is InChI=1S/C16H25FN2O/c1-2-7-18-16(14-4-3-5-15(17)13-14)6-8-19-9-11-20-12-10-19/h3-5,13,16,18H,2,6-12H2,1H3. The van der Waals surface area contributed by atoms with E-state index in [9.17, 15) is 4.39 Å². The second kappa shape index (κ2) is 8.35. The van der Waals surface area contributed by atoms with Crippen LogP contribution in [0.3, 0.4) is 0 Å². The second-order valence-corrected chi connectivity index (χ2v) is 5.30. The molecule has 1 heterocycles. The fraction of sp³-hybridized carbons (Fsp3) is 0.625. The molecule has 4 heteroatoms. The minimum atomic E-state index is -0.155. The van der Waals surface area contributed by atoms with Gasteiger partial charge < -0.3 is 10.1 Å². The van der Waals surface area contributed by atoms with Crippen molar-refractivity contribution in [3.8, 4) is 0 Å². The van der Waals surface area contributed by atoms with E-state index in [0.717, 1.165) is 57.8 Å². The summed E-state index contributed by atoms with van der Waals surface area (Å²) in [4.78, 5) is 2.42. The molecule has 1 aliphatic heterocycles. The van der Waals surface area contributed by atoms with Gasteiger partial charge in [0.15, 0.2) is 0 Å². The Kier molecular flexibility index (Phi) is 6.43. The molecule has 20 heavy (non-hydrogen) atoms. The Hall–Kier alpha value is -0.970. The molecule has 1 atom stereocenters. The van der Waals surface area contributed by atoms with Crippen molar-refractivity contribution in [3.63, 3.8) is 0 Å². The van der Waals surface area contributed by atoms with E-state index < -0.39 is 0 Å². The number of rotatable bonds is 7. The molecule has 2 rings (SSSR count). The summed E-state index contributed by atoms with van der Waals surface area (Å²) in [5, 5.41) is 3.53. The van der Waals surface area contributed by atoms with Gasteiger partial charge in [-0.2, -0.15) is 0 Å². The summed E-state index contributed by atoms with van der Waals surface area (Å²) >= 11 is 0. The summed E-state index contributed by atoms with van der Waals surface area (Å²) in [6.07, 6.45) is 2.09. The maximum absolute atomic E-state index is 13.4. The Morgan fingerprint density at radius 2 is 2.15 bits per heavy atom. The van der Waals surface area contributed by atoms with Crippen LogP contribution >= 0.6 is 0 Å². The number of nitrogens with zero attached hydrogens (tertiary/aromatic N) is 1. The first-order valence-corrected chi connectivity index (χ1v) is 7.58. The van der Waals surface area contributed by atoms with Crippen LogP contribution in [-0.4, -0.2) is 44.3 Å². The van der Waals surface area contributed by atoms with E-state index in [2.05, 4.69) is 17.1 Å². The van der Waals surface area contributed by atoms with Gasteiger partial charge in [-0.1, -0.05) is 19.1 Å². The smallest absolute Gasteiger partial charge is 0.123 e. The number of halogens is 1. The monoisotopic (exact) mass is 280 g/mol. The van der Waals surface area contributed by atoms with E-state index in [1.165, 1.54) is 6.07 Å². The fourth-order valence-electron chi connectivity index (χ4n) is 2.56. The zero-order valence-corrected chi connectivity index (χ0v) is 12.3. The van der Waals surface area contributed by atoms with E-state index in [-0.39, 0.29) is 11.9 Å². The van der Waals surface area contributed by atoms with Gasteiger partial charge in [-0.05, 0) is 37.1 Å². The maximum atomic E-state index is 13.4. The second-order valence-electron chi connectivity index (χ2n) is 5.30. The summed E-state index contributed by atoms with van der Waals surface area (Å²) in [7, 11) is 0. The molecule has 1 fully saturated rings. The number of ether oxygens (including phenoxy) is 1. The normalized spacial score (nSPS) is 18.1. The summed E-state index contributed by atoms with van der Waals surface area (Å²) in [5.41, 5.74) is 1.05. The van der Waals surface area contributed by atoms with Gasteiger partial charge >= 0.3 is 0 Å². The molecule has 112 valence electrons. The highest BCUT2D eigenvalue weighted by Crippen LogP contribution is 2.18. The number of benzene rings is 1. The van der Waals surface area contributed by atoms with Crippen LogP contribution in [-0.2, 0) is 4.74 Å². The predicted molar refractivity (Wildman–Crippen MR) is 79.3 cm³/mol. The molecule has 0 amide bonds. The summed E-state index contributed by atoms with van der Waals surface area (Å²) < 4.78 is 18.8. The van der Waals surface area contributed by atoms with Gasteiger partial charge in [0.2, 0.25) is 0 Å². The van der Waals surface area contributed by atoms with Crippen molar-refractivity contribution >= 4 is 0 Å². The number of nitrogens with one attached hydrogen (secondary N) is 1. The molecule has 0 aromatic heterocycles. The van der Waals surface area contributed by atoms with Gasteiger partial charge in [-0.3, -0.25) is 4.90 Å². The zero-order valence-electron chi connectivity index (χ0n) is 12.3. The largest absolute Gasteiger partial charge is 0.379 e. The van der Waals surface area contributed by atoms with Crippen LogP contribution in [0.15, 0.2) is 24.3 Å². The number of hydrogen-bond acceptors (Lipinski definition) is 3. The van der Waals surface area contributed by atoms with E-state index >= 15 is 0 Å². The van der Waals surface area contributed by atoms with Crippen molar-refractivity contribution in [2.24, 2.45) is 0 Å². The van der Waals surface area contributed by atoms with Gasteiger partial charge in [0.05, 0.1) is 13.2 Å². The van der Waals surface area contributed by atoms with Crippen LogP contribution in [0, 0.1) is 5.82 Å².